The second-order valence-corrected chi connectivity index (χ2v) is 6.43. The van der Waals surface area contributed by atoms with E-state index in [4.69, 9.17) is 16.3 Å². The van der Waals surface area contributed by atoms with Crippen molar-refractivity contribution in [2.45, 2.75) is 18.5 Å². The molecule has 1 aromatic heterocycles. The third-order valence-corrected chi connectivity index (χ3v) is 4.25. The van der Waals surface area contributed by atoms with Crippen LogP contribution in [0.3, 0.4) is 0 Å². The Bertz CT molecular complexity index is 637. The summed E-state index contributed by atoms with van der Waals surface area (Å²) in [6.45, 7) is 2.06. The number of carbonyl (C=O) groups excluding carboxylic acids is 1. The Morgan fingerprint density at radius 1 is 1.38 bits per heavy atom. The first-order chi connectivity index (χ1) is 10.1. The van der Waals surface area contributed by atoms with Gasteiger partial charge in [-0.2, -0.15) is 0 Å². The van der Waals surface area contributed by atoms with Crippen LogP contribution in [0.4, 0.5) is 0 Å². The average molecular weight is 388 g/mol. The van der Waals surface area contributed by atoms with Crippen LogP contribution in [0.25, 0.3) is 0 Å². The lowest BCUT2D eigenvalue weighted by molar-refractivity contribution is 0.0727. The predicted molar refractivity (Wildman–Crippen MR) is 87.2 cm³/mol. The van der Waals surface area contributed by atoms with Crippen LogP contribution < -0.4 is 4.74 Å². The molecule has 0 aliphatic rings. The van der Waals surface area contributed by atoms with E-state index in [1.165, 1.54) is 18.0 Å². The summed E-state index contributed by atoms with van der Waals surface area (Å²) in [6.07, 6.45) is 2.42. The van der Waals surface area contributed by atoms with Gasteiger partial charge in [0.05, 0.1) is 11.2 Å². The Labute approximate surface area is 140 Å². The van der Waals surface area contributed by atoms with Crippen molar-refractivity contribution in [2.75, 3.05) is 5.75 Å². The standard InChI is InChI=1S/C14H12BrClN2O2S/c1-2-7-21-14-17-8-11(16)12(18-14)13(19)20-10-5-3-9(15)4-6-10/h3-6,8H,2,7H2,1H3. The molecule has 0 aliphatic carbocycles. The predicted octanol–water partition coefficient (Wildman–Crippen LogP) is 4.61. The van der Waals surface area contributed by atoms with Crippen molar-refractivity contribution in [2.24, 2.45) is 0 Å². The van der Waals surface area contributed by atoms with E-state index in [1.54, 1.807) is 24.3 Å². The van der Waals surface area contributed by atoms with Crippen molar-refractivity contribution in [1.29, 1.82) is 0 Å². The van der Waals surface area contributed by atoms with Gasteiger partial charge in [-0.1, -0.05) is 46.2 Å². The van der Waals surface area contributed by atoms with Gasteiger partial charge in [-0.05, 0) is 30.7 Å². The molecule has 2 rings (SSSR count). The molecule has 1 aromatic carbocycles. The monoisotopic (exact) mass is 386 g/mol. The summed E-state index contributed by atoms with van der Waals surface area (Å²) >= 11 is 10.8. The molecule has 0 atom stereocenters. The summed E-state index contributed by atoms with van der Waals surface area (Å²) in [5.74, 6) is 0.715. The second kappa shape index (κ2) is 7.77. The fourth-order valence-corrected chi connectivity index (χ4v) is 2.52. The minimum atomic E-state index is -0.594. The number of thioether (sulfide) groups is 1. The quantitative estimate of drug-likeness (QED) is 0.324. The molecule has 0 saturated carbocycles. The number of esters is 1. The zero-order chi connectivity index (χ0) is 15.2. The third-order valence-electron chi connectivity index (χ3n) is 2.37. The van der Waals surface area contributed by atoms with Gasteiger partial charge in [-0.15, -0.1) is 0 Å². The second-order valence-electron chi connectivity index (χ2n) is 4.04. The largest absolute Gasteiger partial charge is 0.422 e. The number of benzene rings is 1. The van der Waals surface area contributed by atoms with E-state index >= 15 is 0 Å². The molecular weight excluding hydrogens is 376 g/mol. The number of rotatable bonds is 5. The van der Waals surface area contributed by atoms with E-state index in [0.717, 1.165) is 16.6 Å². The van der Waals surface area contributed by atoms with Crippen molar-refractivity contribution in [3.05, 3.63) is 45.7 Å². The highest BCUT2D eigenvalue weighted by Crippen LogP contribution is 2.21. The topological polar surface area (TPSA) is 52.1 Å². The van der Waals surface area contributed by atoms with E-state index in [-0.39, 0.29) is 10.7 Å². The molecule has 0 unspecified atom stereocenters. The first-order valence-electron chi connectivity index (χ1n) is 6.23. The lowest BCUT2D eigenvalue weighted by Gasteiger charge is -2.06. The van der Waals surface area contributed by atoms with Crippen LogP contribution in [-0.4, -0.2) is 21.7 Å². The lowest BCUT2D eigenvalue weighted by Crippen LogP contribution is -2.12. The van der Waals surface area contributed by atoms with Crippen LogP contribution in [0.15, 0.2) is 40.1 Å². The molecule has 0 bridgehead atoms. The average Bonchev–Trinajstić information content (AvgIpc) is 2.48. The van der Waals surface area contributed by atoms with E-state index in [2.05, 4.69) is 32.8 Å². The smallest absolute Gasteiger partial charge is 0.364 e. The number of nitrogens with zero attached hydrogens (tertiary/aromatic N) is 2. The van der Waals surface area contributed by atoms with Gasteiger partial charge < -0.3 is 4.74 Å². The van der Waals surface area contributed by atoms with Crippen molar-refractivity contribution < 1.29 is 9.53 Å². The maximum absolute atomic E-state index is 12.1. The molecule has 21 heavy (non-hydrogen) atoms. The van der Waals surface area contributed by atoms with Crippen molar-refractivity contribution in [1.82, 2.24) is 9.97 Å². The van der Waals surface area contributed by atoms with E-state index in [1.807, 2.05) is 0 Å². The molecule has 110 valence electrons. The number of hydrogen-bond donors (Lipinski definition) is 0. The fourth-order valence-electron chi connectivity index (χ4n) is 1.41. The van der Waals surface area contributed by atoms with E-state index < -0.39 is 5.97 Å². The molecule has 4 nitrogen and oxygen atoms in total. The molecular formula is C14H12BrClN2O2S. The summed E-state index contributed by atoms with van der Waals surface area (Å²) in [5, 5.41) is 0.696. The van der Waals surface area contributed by atoms with Gasteiger partial charge in [-0.3, -0.25) is 0 Å². The van der Waals surface area contributed by atoms with Gasteiger partial charge >= 0.3 is 5.97 Å². The van der Waals surface area contributed by atoms with Gasteiger partial charge in [0.25, 0.3) is 0 Å². The Hall–Kier alpha value is -1.11. The normalized spacial score (nSPS) is 10.4. The number of hydrogen-bond acceptors (Lipinski definition) is 5. The van der Waals surface area contributed by atoms with E-state index in [9.17, 15) is 4.79 Å². The minimum absolute atomic E-state index is 0.0770. The molecule has 1 heterocycles. The van der Waals surface area contributed by atoms with Gasteiger partial charge in [0.2, 0.25) is 0 Å². The Morgan fingerprint density at radius 3 is 2.76 bits per heavy atom. The van der Waals surface area contributed by atoms with E-state index in [0.29, 0.717) is 10.9 Å². The summed E-state index contributed by atoms with van der Waals surface area (Å²) < 4.78 is 6.16. The summed E-state index contributed by atoms with van der Waals surface area (Å²) in [6, 6.07) is 6.94. The van der Waals surface area contributed by atoms with Gasteiger partial charge in [0.1, 0.15) is 5.75 Å². The SMILES string of the molecule is CCCSc1ncc(Cl)c(C(=O)Oc2ccc(Br)cc2)n1. The maximum atomic E-state index is 12.1. The van der Waals surface area contributed by atoms with Crippen LogP contribution in [-0.2, 0) is 0 Å². The number of ether oxygens (including phenoxy) is 1. The molecule has 7 heteroatoms. The zero-order valence-electron chi connectivity index (χ0n) is 11.2. The molecule has 0 amide bonds. The Balaban J connectivity index is 2.15. The third kappa shape index (κ3) is 4.69. The number of carbonyl (C=O) groups is 1. The van der Waals surface area contributed by atoms with Gasteiger partial charge in [0.15, 0.2) is 10.9 Å². The van der Waals surface area contributed by atoms with Crippen LogP contribution in [0.2, 0.25) is 5.02 Å². The molecule has 0 radical (unpaired) electrons. The van der Waals surface area contributed by atoms with Crippen molar-refractivity contribution in [3.8, 4) is 5.75 Å². The summed E-state index contributed by atoms with van der Waals surface area (Å²) in [4.78, 5) is 20.4. The van der Waals surface area contributed by atoms with Crippen LogP contribution in [0, 0.1) is 0 Å². The van der Waals surface area contributed by atoms with Crippen LogP contribution >= 0.6 is 39.3 Å². The minimum Gasteiger partial charge on any atom is -0.422 e. The molecule has 0 N–H and O–H groups in total. The first kappa shape index (κ1) is 16.3. The molecule has 0 spiro atoms. The Morgan fingerprint density at radius 2 is 2.10 bits per heavy atom. The highest BCUT2D eigenvalue weighted by atomic mass is 79.9. The van der Waals surface area contributed by atoms with Gasteiger partial charge in [-0.25, -0.2) is 14.8 Å². The number of aromatic nitrogens is 2. The fraction of sp³-hybridized carbons (Fsp3) is 0.214. The lowest BCUT2D eigenvalue weighted by atomic mass is 10.3. The maximum Gasteiger partial charge on any atom is 0.364 e. The first-order valence-corrected chi connectivity index (χ1v) is 8.39. The summed E-state index contributed by atoms with van der Waals surface area (Å²) in [7, 11) is 0. The zero-order valence-corrected chi connectivity index (χ0v) is 14.3. The highest BCUT2D eigenvalue weighted by molar-refractivity contribution is 9.10. The van der Waals surface area contributed by atoms with Crippen molar-refractivity contribution >= 4 is 45.3 Å². The number of halogens is 2. The summed E-state index contributed by atoms with van der Waals surface area (Å²) in [5.41, 5.74) is 0.0770. The molecule has 0 aliphatic heterocycles. The van der Waals surface area contributed by atoms with Crippen LogP contribution in [0.1, 0.15) is 23.8 Å². The van der Waals surface area contributed by atoms with Crippen LogP contribution in [0.5, 0.6) is 5.75 Å². The molecule has 2 aromatic rings. The Kier molecular flexibility index (Phi) is 6.02. The van der Waals surface area contributed by atoms with Gasteiger partial charge in [0, 0.05) is 10.2 Å². The molecule has 0 saturated heterocycles. The molecule has 0 fully saturated rings. The van der Waals surface area contributed by atoms with Crippen molar-refractivity contribution in [3.63, 3.8) is 0 Å². The highest BCUT2D eigenvalue weighted by Gasteiger charge is 2.16.